The molecule has 2 amide bonds. The largest absolute Gasteiger partial charge is 0.394 e. The molecule has 6 heteroatoms. The van der Waals surface area contributed by atoms with E-state index in [9.17, 15) is 9.18 Å². The van der Waals surface area contributed by atoms with Crippen molar-refractivity contribution in [1.29, 1.82) is 0 Å². The summed E-state index contributed by atoms with van der Waals surface area (Å²) in [7, 11) is 0. The molecule has 0 aliphatic carbocycles. The van der Waals surface area contributed by atoms with Gasteiger partial charge in [0.25, 0.3) is 0 Å². The van der Waals surface area contributed by atoms with Crippen molar-refractivity contribution in [2.24, 2.45) is 5.92 Å². The predicted molar refractivity (Wildman–Crippen MR) is 84.4 cm³/mol. The summed E-state index contributed by atoms with van der Waals surface area (Å²) in [6.45, 7) is 4.23. The van der Waals surface area contributed by atoms with Crippen LogP contribution in [0.25, 0.3) is 0 Å². The minimum absolute atomic E-state index is 0.0499. The average Bonchev–Trinajstić information content (AvgIpc) is 3.00. The van der Waals surface area contributed by atoms with E-state index < -0.39 is 0 Å². The second-order valence-corrected chi connectivity index (χ2v) is 5.72. The van der Waals surface area contributed by atoms with Crippen molar-refractivity contribution >= 4 is 11.7 Å². The van der Waals surface area contributed by atoms with Crippen LogP contribution in [-0.4, -0.2) is 43.4 Å². The molecule has 3 N–H and O–H groups in total. The Kier molecular flexibility index (Phi) is 6.00. The molecule has 5 nitrogen and oxygen atoms in total. The normalized spacial score (nSPS) is 19.0. The second-order valence-electron chi connectivity index (χ2n) is 5.72. The maximum Gasteiger partial charge on any atom is 0.315 e. The van der Waals surface area contributed by atoms with Gasteiger partial charge in [0.1, 0.15) is 5.82 Å². The quantitative estimate of drug-likeness (QED) is 0.750. The fourth-order valence-electron chi connectivity index (χ4n) is 2.64. The summed E-state index contributed by atoms with van der Waals surface area (Å²) in [5, 5.41) is 14.7. The molecule has 0 bridgehead atoms. The topological polar surface area (TPSA) is 64.6 Å². The number of amides is 2. The van der Waals surface area contributed by atoms with Crippen molar-refractivity contribution in [3.05, 3.63) is 30.1 Å². The Morgan fingerprint density at radius 1 is 1.45 bits per heavy atom. The number of nitrogens with one attached hydrogen (secondary N) is 2. The van der Waals surface area contributed by atoms with Crippen LogP contribution in [0, 0.1) is 11.7 Å². The van der Waals surface area contributed by atoms with Crippen molar-refractivity contribution in [3.8, 4) is 0 Å². The van der Waals surface area contributed by atoms with Crippen LogP contribution in [0.4, 0.5) is 14.9 Å². The van der Waals surface area contributed by atoms with Gasteiger partial charge in [-0.05, 0) is 43.0 Å². The number of hydrogen-bond acceptors (Lipinski definition) is 3. The van der Waals surface area contributed by atoms with Gasteiger partial charge in [0, 0.05) is 25.3 Å². The smallest absolute Gasteiger partial charge is 0.315 e. The van der Waals surface area contributed by atoms with Crippen molar-refractivity contribution in [2.75, 3.05) is 31.1 Å². The van der Waals surface area contributed by atoms with E-state index in [1.807, 2.05) is 6.92 Å². The van der Waals surface area contributed by atoms with Gasteiger partial charge in [-0.15, -0.1) is 0 Å². The molecule has 1 aliphatic heterocycles. The van der Waals surface area contributed by atoms with E-state index in [1.54, 1.807) is 12.1 Å². The molecule has 2 atom stereocenters. The van der Waals surface area contributed by atoms with Crippen LogP contribution in [0.1, 0.15) is 19.8 Å². The number of anilines is 1. The maximum atomic E-state index is 12.9. The summed E-state index contributed by atoms with van der Waals surface area (Å²) in [4.78, 5) is 13.9. The lowest BCUT2D eigenvalue weighted by molar-refractivity contribution is 0.213. The van der Waals surface area contributed by atoms with Crippen molar-refractivity contribution in [2.45, 2.75) is 25.8 Å². The van der Waals surface area contributed by atoms with Gasteiger partial charge in [0.05, 0.1) is 12.6 Å². The van der Waals surface area contributed by atoms with Gasteiger partial charge in [-0.3, -0.25) is 0 Å². The van der Waals surface area contributed by atoms with E-state index in [0.717, 1.165) is 25.2 Å². The van der Waals surface area contributed by atoms with E-state index in [4.69, 9.17) is 5.11 Å². The zero-order valence-electron chi connectivity index (χ0n) is 12.9. The fourth-order valence-corrected chi connectivity index (χ4v) is 2.64. The van der Waals surface area contributed by atoms with Crippen LogP contribution in [-0.2, 0) is 0 Å². The third kappa shape index (κ3) is 4.59. The number of aliphatic hydroxyl groups excluding tert-OH is 1. The summed E-state index contributed by atoms with van der Waals surface area (Å²) >= 11 is 0. The third-order valence-corrected chi connectivity index (χ3v) is 4.08. The first-order valence-electron chi connectivity index (χ1n) is 7.78. The standard InChI is InChI=1S/C16H24FN3O2/c1-2-14(11-21)19-16(22)18-9-12-7-8-20(10-12)15-5-3-13(17)4-6-15/h3-6,12,14,21H,2,7-11H2,1H3,(H2,18,19,22). The van der Waals surface area contributed by atoms with Gasteiger partial charge in [-0.1, -0.05) is 6.92 Å². The van der Waals surface area contributed by atoms with Gasteiger partial charge in [0.15, 0.2) is 0 Å². The molecule has 1 aromatic carbocycles. The molecule has 1 aromatic rings. The minimum Gasteiger partial charge on any atom is -0.394 e. The van der Waals surface area contributed by atoms with Gasteiger partial charge in [0.2, 0.25) is 0 Å². The summed E-state index contributed by atoms with van der Waals surface area (Å²) in [5.74, 6) is 0.150. The molecule has 2 unspecified atom stereocenters. The Labute approximate surface area is 130 Å². The highest BCUT2D eigenvalue weighted by molar-refractivity contribution is 5.74. The van der Waals surface area contributed by atoms with Crippen LogP contribution in [0.3, 0.4) is 0 Å². The van der Waals surface area contributed by atoms with E-state index in [-0.39, 0.29) is 24.5 Å². The Hall–Kier alpha value is -1.82. The fraction of sp³-hybridized carbons (Fsp3) is 0.562. The number of nitrogens with zero attached hydrogens (tertiary/aromatic N) is 1. The highest BCUT2D eigenvalue weighted by Crippen LogP contribution is 2.23. The number of rotatable bonds is 6. The second kappa shape index (κ2) is 7.98. The highest BCUT2D eigenvalue weighted by atomic mass is 19.1. The molecule has 0 spiro atoms. The molecular weight excluding hydrogens is 285 g/mol. The van der Waals surface area contributed by atoms with Crippen LogP contribution in [0.15, 0.2) is 24.3 Å². The molecule has 22 heavy (non-hydrogen) atoms. The molecule has 1 aliphatic rings. The number of aliphatic hydroxyl groups is 1. The third-order valence-electron chi connectivity index (χ3n) is 4.08. The van der Waals surface area contributed by atoms with Gasteiger partial charge in [-0.25, -0.2) is 9.18 Å². The maximum absolute atomic E-state index is 12.9. The SMILES string of the molecule is CCC(CO)NC(=O)NCC1CCN(c2ccc(F)cc2)C1. The zero-order valence-corrected chi connectivity index (χ0v) is 12.9. The van der Waals surface area contributed by atoms with E-state index in [2.05, 4.69) is 15.5 Å². The first-order valence-corrected chi connectivity index (χ1v) is 7.78. The number of hydrogen-bond donors (Lipinski definition) is 3. The van der Waals surface area contributed by atoms with Crippen molar-refractivity contribution < 1.29 is 14.3 Å². The molecule has 1 saturated heterocycles. The number of benzene rings is 1. The van der Waals surface area contributed by atoms with E-state index in [0.29, 0.717) is 18.9 Å². The van der Waals surface area contributed by atoms with Crippen LogP contribution < -0.4 is 15.5 Å². The summed E-state index contributed by atoms with van der Waals surface area (Å²) in [6.07, 6.45) is 1.69. The monoisotopic (exact) mass is 309 g/mol. The lowest BCUT2D eigenvalue weighted by Gasteiger charge is -2.19. The lowest BCUT2D eigenvalue weighted by Crippen LogP contribution is -2.45. The number of carbonyl (C=O) groups excluding carboxylic acids is 1. The zero-order chi connectivity index (χ0) is 15.9. The van der Waals surface area contributed by atoms with Crippen LogP contribution >= 0.6 is 0 Å². The van der Waals surface area contributed by atoms with E-state index in [1.165, 1.54) is 12.1 Å². The molecule has 1 heterocycles. The summed E-state index contributed by atoms with van der Waals surface area (Å²) in [5.41, 5.74) is 1.01. The first kappa shape index (κ1) is 16.5. The number of halogens is 1. The minimum atomic E-state index is -0.235. The number of carbonyl (C=O) groups is 1. The molecule has 0 aromatic heterocycles. The molecule has 1 fully saturated rings. The molecular formula is C16H24FN3O2. The van der Waals surface area contributed by atoms with E-state index >= 15 is 0 Å². The van der Waals surface area contributed by atoms with Gasteiger partial charge in [-0.2, -0.15) is 0 Å². The molecule has 2 rings (SSSR count). The Morgan fingerprint density at radius 2 is 2.18 bits per heavy atom. The molecule has 0 saturated carbocycles. The molecule has 0 radical (unpaired) electrons. The van der Waals surface area contributed by atoms with Crippen molar-refractivity contribution in [3.63, 3.8) is 0 Å². The Balaban J connectivity index is 1.74. The van der Waals surface area contributed by atoms with Crippen molar-refractivity contribution in [1.82, 2.24) is 10.6 Å². The summed E-state index contributed by atoms with van der Waals surface area (Å²) < 4.78 is 12.9. The predicted octanol–water partition coefficient (Wildman–Crippen LogP) is 1.72. The first-order chi connectivity index (χ1) is 10.6. The molecule has 122 valence electrons. The average molecular weight is 309 g/mol. The lowest BCUT2D eigenvalue weighted by atomic mass is 10.1. The van der Waals surface area contributed by atoms with Gasteiger partial charge >= 0.3 is 6.03 Å². The Morgan fingerprint density at radius 3 is 2.82 bits per heavy atom. The number of urea groups is 1. The van der Waals surface area contributed by atoms with Gasteiger partial charge < -0.3 is 20.6 Å². The van der Waals surface area contributed by atoms with Crippen LogP contribution in [0.2, 0.25) is 0 Å². The Bertz CT molecular complexity index is 477. The van der Waals surface area contributed by atoms with Crippen LogP contribution in [0.5, 0.6) is 0 Å². The summed E-state index contributed by atoms with van der Waals surface area (Å²) in [6, 6.07) is 6.07. The highest BCUT2D eigenvalue weighted by Gasteiger charge is 2.23.